The van der Waals surface area contributed by atoms with Crippen molar-refractivity contribution in [1.29, 1.82) is 0 Å². The molecular formula is C10H9Br2N3. The number of alkyl halides is 1. The van der Waals surface area contributed by atoms with Gasteiger partial charge in [-0.25, -0.2) is 4.68 Å². The predicted molar refractivity (Wildman–Crippen MR) is 66.4 cm³/mol. The molecule has 1 aromatic heterocycles. The average Bonchev–Trinajstić information content (AvgIpc) is 2.66. The fourth-order valence-corrected chi connectivity index (χ4v) is 2.21. The Morgan fingerprint density at radius 3 is 2.80 bits per heavy atom. The maximum atomic E-state index is 4.05. The van der Waals surface area contributed by atoms with Gasteiger partial charge in [0.25, 0.3) is 0 Å². The van der Waals surface area contributed by atoms with E-state index in [1.54, 1.807) is 4.68 Å². The van der Waals surface area contributed by atoms with E-state index >= 15 is 0 Å². The van der Waals surface area contributed by atoms with E-state index in [2.05, 4.69) is 61.2 Å². The molecule has 2 rings (SSSR count). The maximum Gasteiger partial charge on any atom is 0.0937 e. The number of hydrogen-bond acceptors (Lipinski definition) is 2. The summed E-state index contributed by atoms with van der Waals surface area (Å²) in [5.74, 6) is 0. The third-order valence-electron chi connectivity index (χ3n) is 2.03. The Hall–Kier alpha value is -0.680. The van der Waals surface area contributed by atoms with Crippen molar-refractivity contribution in [1.82, 2.24) is 15.0 Å². The van der Waals surface area contributed by atoms with Crippen LogP contribution in [0.4, 0.5) is 0 Å². The third kappa shape index (κ3) is 2.29. The summed E-state index contributed by atoms with van der Waals surface area (Å²) >= 11 is 6.86. The highest BCUT2D eigenvalue weighted by Crippen LogP contribution is 2.21. The van der Waals surface area contributed by atoms with Crippen LogP contribution < -0.4 is 0 Å². The topological polar surface area (TPSA) is 30.7 Å². The zero-order chi connectivity index (χ0) is 10.8. The van der Waals surface area contributed by atoms with Gasteiger partial charge in [0.2, 0.25) is 0 Å². The van der Waals surface area contributed by atoms with E-state index < -0.39 is 0 Å². The van der Waals surface area contributed by atoms with Gasteiger partial charge in [-0.3, -0.25) is 0 Å². The summed E-state index contributed by atoms with van der Waals surface area (Å²) < 4.78 is 2.79. The molecule has 15 heavy (non-hydrogen) atoms. The third-order valence-corrected chi connectivity index (χ3v) is 3.24. The summed E-state index contributed by atoms with van der Waals surface area (Å²) in [5.41, 5.74) is 3.13. The van der Waals surface area contributed by atoms with Crippen LogP contribution in [0.25, 0.3) is 5.69 Å². The van der Waals surface area contributed by atoms with Crippen LogP contribution in [0.5, 0.6) is 0 Å². The highest BCUT2D eigenvalue weighted by atomic mass is 79.9. The van der Waals surface area contributed by atoms with Crippen LogP contribution in [0.1, 0.15) is 11.3 Å². The van der Waals surface area contributed by atoms with E-state index in [0.717, 1.165) is 21.2 Å². The second-order valence-corrected chi connectivity index (χ2v) is 4.66. The molecule has 0 fully saturated rings. The van der Waals surface area contributed by atoms with Gasteiger partial charge in [-0.2, -0.15) is 0 Å². The van der Waals surface area contributed by atoms with Gasteiger partial charge in [0.1, 0.15) is 0 Å². The van der Waals surface area contributed by atoms with E-state index in [-0.39, 0.29) is 0 Å². The molecule has 0 saturated carbocycles. The zero-order valence-corrected chi connectivity index (χ0v) is 11.3. The molecule has 0 aliphatic heterocycles. The highest BCUT2D eigenvalue weighted by Gasteiger charge is 2.05. The van der Waals surface area contributed by atoms with Crippen LogP contribution in [0.3, 0.4) is 0 Å². The van der Waals surface area contributed by atoms with Gasteiger partial charge in [-0.15, -0.1) is 5.10 Å². The second-order valence-electron chi connectivity index (χ2n) is 3.24. The molecule has 0 spiro atoms. The molecule has 0 aliphatic carbocycles. The van der Waals surface area contributed by atoms with Gasteiger partial charge >= 0.3 is 0 Å². The van der Waals surface area contributed by atoms with Crippen LogP contribution in [0, 0.1) is 6.92 Å². The van der Waals surface area contributed by atoms with Gasteiger partial charge in [-0.1, -0.05) is 27.2 Å². The average molecular weight is 331 g/mol. The molecule has 0 unspecified atom stereocenters. The SMILES string of the molecule is Cc1ccc(-n2cc(CBr)nn2)c(Br)c1. The number of halogens is 2. The van der Waals surface area contributed by atoms with E-state index in [1.807, 2.05) is 12.3 Å². The van der Waals surface area contributed by atoms with Crippen molar-refractivity contribution in [3.05, 3.63) is 40.1 Å². The molecule has 0 atom stereocenters. The van der Waals surface area contributed by atoms with Crippen molar-refractivity contribution in [2.75, 3.05) is 0 Å². The van der Waals surface area contributed by atoms with E-state index in [1.165, 1.54) is 5.56 Å². The molecular weight excluding hydrogens is 322 g/mol. The molecule has 5 heteroatoms. The quantitative estimate of drug-likeness (QED) is 0.791. The monoisotopic (exact) mass is 329 g/mol. The Morgan fingerprint density at radius 1 is 1.40 bits per heavy atom. The Bertz CT molecular complexity index is 479. The van der Waals surface area contributed by atoms with Crippen molar-refractivity contribution >= 4 is 31.9 Å². The summed E-state index contributed by atoms with van der Waals surface area (Å²) in [7, 11) is 0. The molecule has 78 valence electrons. The van der Waals surface area contributed by atoms with Crippen LogP contribution >= 0.6 is 31.9 Å². The lowest BCUT2D eigenvalue weighted by molar-refractivity contribution is 0.797. The lowest BCUT2D eigenvalue weighted by Crippen LogP contribution is -1.96. The molecule has 0 amide bonds. The largest absolute Gasteiger partial charge is 0.219 e. The Balaban J connectivity index is 2.44. The van der Waals surface area contributed by atoms with E-state index in [9.17, 15) is 0 Å². The fourth-order valence-electron chi connectivity index (χ4n) is 1.28. The van der Waals surface area contributed by atoms with Gasteiger partial charge in [0.05, 0.1) is 17.6 Å². The van der Waals surface area contributed by atoms with E-state index in [0.29, 0.717) is 0 Å². The first-order valence-corrected chi connectivity index (χ1v) is 6.36. The Kier molecular flexibility index (Phi) is 3.21. The summed E-state index contributed by atoms with van der Waals surface area (Å²) in [6, 6.07) is 6.13. The molecule has 3 nitrogen and oxygen atoms in total. The number of aryl methyl sites for hydroxylation is 1. The number of benzene rings is 1. The van der Waals surface area contributed by atoms with E-state index in [4.69, 9.17) is 0 Å². The van der Waals surface area contributed by atoms with Gasteiger partial charge in [0, 0.05) is 9.80 Å². The van der Waals surface area contributed by atoms with Crippen LogP contribution in [-0.2, 0) is 5.33 Å². The molecule has 1 heterocycles. The summed E-state index contributed by atoms with van der Waals surface area (Å²) in [6.45, 7) is 2.06. The molecule has 0 bridgehead atoms. The maximum absolute atomic E-state index is 4.05. The number of nitrogens with zero attached hydrogens (tertiary/aromatic N) is 3. The summed E-state index contributed by atoms with van der Waals surface area (Å²) in [5, 5.41) is 8.79. The Labute approximate surface area is 105 Å². The van der Waals surface area contributed by atoms with Crippen molar-refractivity contribution in [2.45, 2.75) is 12.3 Å². The molecule has 0 saturated heterocycles. The second kappa shape index (κ2) is 4.45. The minimum Gasteiger partial charge on any atom is -0.219 e. The smallest absolute Gasteiger partial charge is 0.0937 e. The van der Waals surface area contributed by atoms with Crippen molar-refractivity contribution in [3.8, 4) is 5.69 Å². The minimum absolute atomic E-state index is 0.719. The number of aromatic nitrogens is 3. The lowest BCUT2D eigenvalue weighted by atomic mass is 10.2. The zero-order valence-electron chi connectivity index (χ0n) is 8.11. The van der Waals surface area contributed by atoms with Crippen LogP contribution in [-0.4, -0.2) is 15.0 Å². The molecule has 0 aliphatic rings. The first kappa shape index (κ1) is 10.8. The van der Waals surface area contributed by atoms with Crippen molar-refractivity contribution in [2.24, 2.45) is 0 Å². The van der Waals surface area contributed by atoms with Gasteiger partial charge in [0.15, 0.2) is 0 Å². The summed E-state index contributed by atoms with van der Waals surface area (Å²) in [4.78, 5) is 0. The fraction of sp³-hybridized carbons (Fsp3) is 0.200. The standard InChI is InChI=1S/C10H9Br2N3/c1-7-2-3-10(9(12)4-7)15-6-8(5-11)13-14-15/h2-4,6H,5H2,1H3. The molecule has 0 radical (unpaired) electrons. The lowest BCUT2D eigenvalue weighted by Gasteiger charge is -2.03. The molecule has 1 aromatic carbocycles. The van der Waals surface area contributed by atoms with Crippen molar-refractivity contribution in [3.63, 3.8) is 0 Å². The Morgan fingerprint density at radius 2 is 2.20 bits per heavy atom. The minimum atomic E-state index is 0.719. The highest BCUT2D eigenvalue weighted by molar-refractivity contribution is 9.10. The van der Waals surface area contributed by atoms with Gasteiger partial charge in [-0.05, 0) is 40.5 Å². The predicted octanol–water partition coefficient (Wildman–Crippen LogP) is 3.23. The first-order chi connectivity index (χ1) is 7.20. The first-order valence-electron chi connectivity index (χ1n) is 4.44. The number of rotatable bonds is 2. The van der Waals surface area contributed by atoms with Crippen molar-refractivity contribution < 1.29 is 0 Å². The molecule has 0 N–H and O–H groups in total. The summed E-state index contributed by atoms with van der Waals surface area (Å²) in [6.07, 6.45) is 1.91. The van der Waals surface area contributed by atoms with Gasteiger partial charge < -0.3 is 0 Å². The van der Waals surface area contributed by atoms with Crippen LogP contribution in [0.2, 0.25) is 0 Å². The van der Waals surface area contributed by atoms with Crippen LogP contribution in [0.15, 0.2) is 28.9 Å². The normalized spacial score (nSPS) is 10.6. The number of hydrogen-bond donors (Lipinski definition) is 0. The molecule has 2 aromatic rings.